The van der Waals surface area contributed by atoms with Gasteiger partial charge in [-0.3, -0.25) is 4.90 Å². The molecule has 0 bridgehead atoms. The van der Waals surface area contributed by atoms with Crippen molar-refractivity contribution in [2.24, 2.45) is 0 Å². The van der Waals surface area contributed by atoms with Crippen molar-refractivity contribution >= 4 is 16.5 Å². The molecule has 2 heteroatoms. The number of hydrogen-bond acceptors (Lipinski definition) is 2. The quantitative estimate of drug-likeness (QED) is 0.682. The van der Waals surface area contributed by atoms with Gasteiger partial charge in [0.25, 0.3) is 0 Å². The van der Waals surface area contributed by atoms with E-state index in [9.17, 15) is 0 Å². The largest absolute Gasteiger partial charge is 0.369 e. The van der Waals surface area contributed by atoms with Crippen LogP contribution in [0.15, 0.2) is 60.7 Å². The van der Waals surface area contributed by atoms with Crippen LogP contribution in [0.25, 0.3) is 10.8 Å². The second-order valence-corrected chi connectivity index (χ2v) is 7.23. The molecule has 0 spiro atoms. The average Bonchev–Trinajstić information content (AvgIpc) is 2.64. The van der Waals surface area contributed by atoms with Crippen molar-refractivity contribution in [3.63, 3.8) is 0 Å². The Hall–Kier alpha value is -2.32. The fourth-order valence-electron chi connectivity index (χ4n) is 3.80. The van der Waals surface area contributed by atoms with E-state index in [-0.39, 0.29) is 0 Å². The van der Waals surface area contributed by atoms with Gasteiger partial charge in [-0.2, -0.15) is 0 Å². The summed E-state index contributed by atoms with van der Waals surface area (Å²) >= 11 is 0. The number of fused-ring (bicyclic) bond motifs is 1. The first-order valence-corrected chi connectivity index (χ1v) is 9.21. The molecule has 4 rings (SSSR count). The van der Waals surface area contributed by atoms with Gasteiger partial charge in [0.2, 0.25) is 0 Å². The lowest BCUT2D eigenvalue weighted by atomic mass is 10.1. The molecule has 0 N–H and O–H groups in total. The number of hydrogen-bond donors (Lipinski definition) is 0. The SMILES string of the molecule is Cc1ccc(C)c(N2CCN(Cc3ccc4ccccc4c3)CC2)c1. The van der Waals surface area contributed by atoms with Gasteiger partial charge < -0.3 is 4.90 Å². The van der Waals surface area contributed by atoms with Crippen molar-refractivity contribution < 1.29 is 0 Å². The highest BCUT2D eigenvalue weighted by Gasteiger charge is 2.18. The maximum Gasteiger partial charge on any atom is 0.0399 e. The second-order valence-electron chi connectivity index (χ2n) is 7.23. The van der Waals surface area contributed by atoms with E-state index < -0.39 is 0 Å². The number of rotatable bonds is 3. The van der Waals surface area contributed by atoms with Gasteiger partial charge in [0.1, 0.15) is 0 Å². The van der Waals surface area contributed by atoms with E-state index in [1.54, 1.807) is 0 Å². The van der Waals surface area contributed by atoms with E-state index in [1.807, 2.05) is 0 Å². The lowest BCUT2D eigenvalue weighted by molar-refractivity contribution is 0.250. The highest BCUT2D eigenvalue weighted by atomic mass is 15.3. The summed E-state index contributed by atoms with van der Waals surface area (Å²) in [5, 5.41) is 2.67. The summed E-state index contributed by atoms with van der Waals surface area (Å²) in [5.41, 5.74) is 5.55. The third-order valence-corrected chi connectivity index (χ3v) is 5.30. The molecule has 1 saturated heterocycles. The standard InChI is InChI=1S/C23H26N2/c1-18-7-8-19(2)23(15-18)25-13-11-24(12-14-25)17-20-9-10-21-5-3-4-6-22(21)16-20/h3-10,15-16H,11-14,17H2,1-2H3. The minimum Gasteiger partial charge on any atom is -0.369 e. The van der Waals surface area contributed by atoms with Crippen LogP contribution in [0.4, 0.5) is 5.69 Å². The Morgan fingerprint density at radius 2 is 1.52 bits per heavy atom. The van der Waals surface area contributed by atoms with Crippen LogP contribution in [-0.2, 0) is 6.54 Å². The Bertz CT molecular complexity index is 876. The van der Waals surface area contributed by atoms with E-state index in [1.165, 1.54) is 33.2 Å². The van der Waals surface area contributed by atoms with Gasteiger partial charge in [0.05, 0.1) is 0 Å². The molecule has 0 atom stereocenters. The first kappa shape index (κ1) is 16.2. The minimum atomic E-state index is 1.05. The molecule has 25 heavy (non-hydrogen) atoms. The van der Waals surface area contributed by atoms with Crippen molar-refractivity contribution in [1.29, 1.82) is 0 Å². The molecular weight excluding hydrogens is 304 g/mol. The van der Waals surface area contributed by atoms with Crippen LogP contribution >= 0.6 is 0 Å². The fraction of sp³-hybridized carbons (Fsp3) is 0.304. The second kappa shape index (κ2) is 6.89. The molecule has 1 fully saturated rings. The number of anilines is 1. The number of benzene rings is 3. The van der Waals surface area contributed by atoms with Gasteiger partial charge in [-0.15, -0.1) is 0 Å². The molecule has 0 radical (unpaired) electrons. The Labute approximate surface area is 150 Å². The summed E-state index contributed by atoms with van der Waals surface area (Å²) in [6, 6.07) is 22.3. The molecule has 1 aliphatic heterocycles. The van der Waals surface area contributed by atoms with E-state index in [2.05, 4.69) is 84.3 Å². The smallest absolute Gasteiger partial charge is 0.0399 e. The van der Waals surface area contributed by atoms with E-state index >= 15 is 0 Å². The predicted octanol–water partition coefficient (Wildman–Crippen LogP) is 4.78. The van der Waals surface area contributed by atoms with Crippen LogP contribution in [0.3, 0.4) is 0 Å². The van der Waals surface area contributed by atoms with Crippen molar-refractivity contribution in [3.8, 4) is 0 Å². The summed E-state index contributed by atoms with van der Waals surface area (Å²) in [4.78, 5) is 5.12. The lowest BCUT2D eigenvalue weighted by Crippen LogP contribution is -2.46. The molecule has 2 nitrogen and oxygen atoms in total. The van der Waals surface area contributed by atoms with Gasteiger partial charge in [-0.25, -0.2) is 0 Å². The summed E-state index contributed by atoms with van der Waals surface area (Å²) < 4.78 is 0. The average molecular weight is 330 g/mol. The van der Waals surface area contributed by atoms with Crippen LogP contribution in [0.1, 0.15) is 16.7 Å². The molecule has 128 valence electrons. The van der Waals surface area contributed by atoms with Crippen LogP contribution in [0, 0.1) is 13.8 Å². The first-order valence-electron chi connectivity index (χ1n) is 9.21. The van der Waals surface area contributed by atoms with Crippen molar-refractivity contribution in [2.75, 3.05) is 31.1 Å². The molecular formula is C23H26N2. The van der Waals surface area contributed by atoms with Crippen molar-refractivity contribution in [3.05, 3.63) is 77.4 Å². The normalized spacial score (nSPS) is 15.7. The van der Waals surface area contributed by atoms with Crippen LogP contribution in [0.5, 0.6) is 0 Å². The lowest BCUT2D eigenvalue weighted by Gasteiger charge is -2.37. The number of aryl methyl sites for hydroxylation is 2. The van der Waals surface area contributed by atoms with Gasteiger partial charge in [0.15, 0.2) is 0 Å². The highest BCUT2D eigenvalue weighted by Crippen LogP contribution is 2.23. The minimum absolute atomic E-state index is 1.05. The molecule has 0 amide bonds. The first-order chi connectivity index (χ1) is 12.2. The molecule has 0 aliphatic carbocycles. The predicted molar refractivity (Wildman–Crippen MR) is 107 cm³/mol. The third kappa shape index (κ3) is 3.54. The van der Waals surface area contributed by atoms with E-state index in [4.69, 9.17) is 0 Å². The fourth-order valence-corrected chi connectivity index (χ4v) is 3.80. The Balaban J connectivity index is 1.42. The molecule has 3 aromatic carbocycles. The maximum absolute atomic E-state index is 2.58. The zero-order chi connectivity index (χ0) is 17.2. The van der Waals surface area contributed by atoms with E-state index in [0.717, 1.165) is 32.7 Å². The van der Waals surface area contributed by atoms with Gasteiger partial charge >= 0.3 is 0 Å². The Kier molecular flexibility index (Phi) is 4.46. The molecule has 0 saturated carbocycles. The van der Waals surface area contributed by atoms with Gasteiger partial charge in [0, 0.05) is 38.4 Å². The third-order valence-electron chi connectivity index (χ3n) is 5.30. The van der Waals surface area contributed by atoms with Gasteiger partial charge in [-0.05, 0) is 53.4 Å². The molecule has 1 aliphatic rings. The summed E-state index contributed by atoms with van der Waals surface area (Å²) in [6.07, 6.45) is 0. The van der Waals surface area contributed by atoms with Crippen LogP contribution in [-0.4, -0.2) is 31.1 Å². The van der Waals surface area contributed by atoms with E-state index in [0.29, 0.717) is 0 Å². The molecule has 3 aromatic rings. The highest BCUT2D eigenvalue weighted by molar-refractivity contribution is 5.82. The Morgan fingerprint density at radius 3 is 2.32 bits per heavy atom. The number of nitrogens with zero attached hydrogens (tertiary/aromatic N) is 2. The number of piperazine rings is 1. The zero-order valence-electron chi connectivity index (χ0n) is 15.2. The zero-order valence-corrected chi connectivity index (χ0v) is 15.2. The van der Waals surface area contributed by atoms with Crippen LogP contribution in [0.2, 0.25) is 0 Å². The van der Waals surface area contributed by atoms with Crippen molar-refractivity contribution in [2.45, 2.75) is 20.4 Å². The Morgan fingerprint density at radius 1 is 0.760 bits per heavy atom. The van der Waals surface area contributed by atoms with Crippen LogP contribution < -0.4 is 4.90 Å². The maximum atomic E-state index is 2.58. The summed E-state index contributed by atoms with van der Waals surface area (Å²) in [5.74, 6) is 0. The molecule has 0 unspecified atom stereocenters. The molecule has 1 heterocycles. The monoisotopic (exact) mass is 330 g/mol. The topological polar surface area (TPSA) is 6.48 Å². The molecule has 0 aromatic heterocycles. The van der Waals surface area contributed by atoms with Gasteiger partial charge in [-0.1, -0.05) is 48.5 Å². The van der Waals surface area contributed by atoms with Crippen molar-refractivity contribution in [1.82, 2.24) is 4.90 Å². The summed E-state index contributed by atoms with van der Waals surface area (Å²) in [7, 11) is 0. The summed E-state index contributed by atoms with van der Waals surface area (Å²) in [6.45, 7) is 9.91.